The van der Waals surface area contributed by atoms with Crippen molar-refractivity contribution < 1.29 is 9.53 Å². The fourth-order valence-electron chi connectivity index (χ4n) is 6.32. The molecule has 4 aromatic rings. The second kappa shape index (κ2) is 10.5. The summed E-state index contributed by atoms with van der Waals surface area (Å²) in [7, 11) is 8.33. The van der Waals surface area contributed by atoms with E-state index in [-0.39, 0.29) is 5.91 Å². The minimum Gasteiger partial charge on any atom is -0.378 e. The standard InChI is InChI=1S/C35H37N3O2/c1-36(2)27-14-12-26(13-15-27)35(32-16-17-33(37(3)4)29-10-6-5-9-28(29)32)19-18-25-8-7-11-30(31(25)24-35)34(39)38-20-22-40-23-21-38/h5-19H,20-24H2,1-4H3. The maximum absolute atomic E-state index is 13.8. The van der Waals surface area contributed by atoms with Crippen molar-refractivity contribution in [3.8, 4) is 0 Å². The Labute approximate surface area is 237 Å². The second-order valence-electron chi connectivity index (χ2n) is 11.3. The van der Waals surface area contributed by atoms with Crippen molar-refractivity contribution in [2.24, 2.45) is 0 Å². The summed E-state index contributed by atoms with van der Waals surface area (Å²) in [5.41, 5.74) is 7.41. The van der Waals surface area contributed by atoms with Gasteiger partial charge in [-0.25, -0.2) is 0 Å². The number of rotatable bonds is 5. The summed E-state index contributed by atoms with van der Waals surface area (Å²) in [5, 5.41) is 2.46. The van der Waals surface area contributed by atoms with Gasteiger partial charge in [0.25, 0.3) is 5.91 Å². The molecule has 0 aromatic heterocycles. The number of fused-ring (bicyclic) bond motifs is 2. The normalized spacial score (nSPS) is 18.4. The van der Waals surface area contributed by atoms with Crippen LogP contribution in [0.4, 0.5) is 11.4 Å². The third-order valence-electron chi connectivity index (χ3n) is 8.51. The van der Waals surface area contributed by atoms with Gasteiger partial charge in [0.2, 0.25) is 0 Å². The quantitative estimate of drug-likeness (QED) is 0.317. The molecule has 0 saturated carbocycles. The molecule has 1 saturated heterocycles. The van der Waals surface area contributed by atoms with Crippen LogP contribution in [-0.2, 0) is 16.6 Å². The lowest BCUT2D eigenvalue weighted by molar-refractivity contribution is 0.0302. The highest BCUT2D eigenvalue weighted by Crippen LogP contribution is 2.46. The number of nitrogens with zero attached hydrogens (tertiary/aromatic N) is 3. The molecule has 5 nitrogen and oxygen atoms in total. The molecule has 4 aromatic carbocycles. The Morgan fingerprint density at radius 1 is 0.800 bits per heavy atom. The first-order valence-electron chi connectivity index (χ1n) is 14.0. The van der Waals surface area contributed by atoms with Gasteiger partial charge in [0.05, 0.1) is 13.2 Å². The van der Waals surface area contributed by atoms with Gasteiger partial charge in [0, 0.05) is 69.0 Å². The lowest BCUT2D eigenvalue weighted by Gasteiger charge is -2.38. The number of anilines is 2. The second-order valence-corrected chi connectivity index (χ2v) is 11.3. The van der Waals surface area contributed by atoms with E-state index < -0.39 is 5.41 Å². The summed E-state index contributed by atoms with van der Waals surface area (Å²) >= 11 is 0. The number of amides is 1. The molecule has 2 aliphatic rings. The minimum absolute atomic E-state index is 0.0973. The van der Waals surface area contributed by atoms with Gasteiger partial charge in [-0.3, -0.25) is 4.79 Å². The Bertz CT molecular complexity index is 1580. The zero-order valence-corrected chi connectivity index (χ0v) is 23.9. The average Bonchev–Trinajstić information content (AvgIpc) is 3.00. The van der Waals surface area contributed by atoms with E-state index in [0.717, 1.165) is 22.4 Å². The van der Waals surface area contributed by atoms with Crippen LogP contribution in [0.15, 0.2) is 84.9 Å². The molecule has 1 aliphatic heterocycles. The zero-order chi connectivity index (χ0) is 27.9. The molecule has 1 aliphatic carbocycles. The maximum atomic E-state index is 13.8. The third-order valence-corrected chi connectivity index (χ3v) is 8.51. The Morgan fingerprint density at radius 2 is 1.52 bits per heavy atom. The predicted molar refractivity (Wildman–Crippen MR) is 166 cm³/mol. The Hall–Kier alpha value is -4.09. The van der Waals surface area contributed by atoms with Crippen molar-refractivity contribution >= 4 is 34.1 Å². The van der Waals surface area contributed by atoms with Crippen molar-refractivity contribution in [2.75, 3.05) is 64.3 Å². The number of morpholine rings is 1. The van der Waals surface area contributed by atoms with E-state index in [1.807, 2.05) is 17.0 Å². The third kappa shape index (κ3) is 4.44. The number of allylic oxidation sites excluding steroid dienone is 1. The molecule has 1 amide bonds. The Balaban J connectivity index is 1.56. The highest BCUT2D eigenvalue weighted by atomic mass is 16.5. The van der Waals surface area contributed by atoms with Gasteiger partial charge in [-0.1, -0.05) is 66.7 Å². The number of hydrogen-bond donors (Lipinski definition) is 0. The molecule has 1 heterocycles. The number of hydrogen-bond acceptors (Lipinski definition) is 4. The van der Waals surface area contributed by atoms with Crippen LogP contribution in [0.1, 0.15) is 32.6 Å². The average molecular weight is 532 g/mol. The monoisotopic (exact) mass is 531 g/mol. The van der Waals surface area contributed by atoms with Gasteiger partial charge in [0.15, 0.2) is 0 Å². The van der Waals surface area contributed by atoms with Gasteiger partial charge in [-0.15, -0.1) is 0 Å². The largest absolute Gasteiger partial charge is 0.378 e. The summed E-state index contributed by atoms with van der Waals surface area (Å²) in [6.07, 6.45) is 5.29. The molecule has 1 atom stereocenters. The highest BCUT2D eigenvalue weighted by molar-refractivity contribution is 5.99. The van der Waals surface area contributed by atoms with Gasteiger partial charge >= 0.3 is 0 Å². The molecule has 0 bridgehead atoms. The molecular weight excluding hydrogens is 494 g/mol. The summed E-state index contributed by atoms with van der Waals surface area (Å²) in [6.45, 7) is 2.44. The van der Waals surface area contributed by atoms with Crippen LogP contribution in [0.3, 0.4) is 0 Å². The first-order chi connectivity index (χ1) is 19.4. The van der Waals surface area contributed by atoms with Crippen molar-refractivity contribution in [3.05, 3.63) is 113 Å². The molecule has 204 valence electrons. The van der Waals surface area contributed by atoms with Crippen molar-refractivity contribution in [3.63, 3.8) is 0 Å². The predicted octanol–water partition coefficient (Wildman–Crippen LogP) is 6.00. The van der Waals surface area contributed by atoms with Crippen LogP contribution in [0.2, 0.25) is 0 Å². The first kappa shape index (κ1) is 26.1. The van der Waals surface area contributed by atoms with Crippen LogP contribution in [-0.4, -0.2) is 65.3 Å². The van der Waals surface area contributed by atoms with Gasteiger partial charge in [-0.05, 0) is 58.3 Å². The molecule has 0 radical (unpaired) electrons. The van der Waals surface area contributed by atoms with Crippen molar-refractivity contribution in [1.29, 1.82) is 0 Å². The smallest absolute Gasteiger partial charge is 0.254 e. The highest BCUT2D eigenvalue weighted by Gasteiger charge is 2.38. The summed E-state index contributed by atoms with van der Waals surface area (Å²) in [6, 6.07) is 28.3. The summed E-state index contributed by atoms with van der Waals surface area (Å²) in [4.78, 5) is 20.1. The number of benzene rings is 4. The molecule has 6 rings (SSSR count). The van der Waals surface area contributed by atoms with Crippen LogP contribution < -0.4 is 9.80 Å². The van der Waals surface area contributed by atoms with Crippen LogP contribution in [0.5, 0.6) is 0 Å². The van der Waals surface area contributed by atoms with E-state index in [0.29, 0.717) is 32.7 Å². The van der Waals surface area contributed by atoms with Crippen molar-refractivity contribution in [1.82, 2.24) is 4.90 Å². The minimum atomic E-state index is -0.441. The van der Waals surface area contributed by atoms with Gasteiger partial charge in [-0.2, -0.15) is 0 Å². The van der Waals surface area contributed by atoms with Crippen LogP contribution in [0.25, 0.3) is 16.8 Å². The van der Waals surface area contributed by atoms with E-state index >= 15 is 0 Å². The molecule has 0 N–H and O–H groups in total. The number of carbonyl (C=O) groups excluding carboxylic acids is 1. The van der Waals surface area contributed by atoms with Crippen molar-refractivity contribution in [2.45, 2.75) is 11.8 Å². The van der Waals surface area contributed by atoms with E-state index in [1.54, 1.807) is 0 Å². The molecule has 5 heteroatoms. The molecule has 40 heavy (non-hydrogen) atoms. The van der Waals surface area contributed by atoms with Gasteiger partial charge in [0.1, 0.15) is 0 Å². The van der Waals surface area contributed by atoms with Crippen LogP contribution >= 0.6 is 0 Å². The Kier molecular flexibility index (Phi) is 6.85. The molecular formula is C35H37N3O2. The molecule has 1 fully saturated rings. The van der Waals surface area contributed by atoms with Gasteiger partial charge < -0.3 is 19.4 Å². The number of carbonyl (C=O) groups is 1. The van der Waals surface area contributed by atoms with E-state index in [1.165, 1.54) is 27.6 Å². The topological polar surface area (TPSA) is 36.0 Å². The maximum Gasteiger partial charge on any atom is 0.254 e. The fraction of sp³-hybridized carbons (Fsp3) is 0.286. The summed E-state index contributed by atoms with van der Waals surface area (Å²) in [5.74, 6) is 0.0973. The van der Waals surface area contributed by atoms with E-state index in [4.69, 9.17) is 4.74 Å². The summed E-state index contributed by atoms with van der Waals surface area (Å²) < 4.78 is 5.53. The lowest BCUT2D eigenvalue weighted by atomic mass is 9.65. The molecule has 0 spiro atoms. The van der Waals surface area contributed by atoms with E-state index in [2.05, 4.69) is 117 Å². The van der Waals surface area contributed by atoms with Crippen LogP contribution in [0, 0.1) is 0 Å². The fourth-order valence-corrected chi connectivity index (χ4v) is 6.32. The SMILES string of the molecule is CN(C)c1ccc(C2(c3ccc(N(C)C)c4ccccc34)C=Cc3cccc(C(=O)N4CCOCC4)c3C2)cc1. The first-order valence-corrected chi connectivity index (χ1v) is 14.0. The zero-order valence-electron chi connectivity index (χ0n) is 23.9. The lowest BCUT2D eigenvalue weighted by Crippen LogP contribution is -2.41. The Morgan fingerprint density at radius 3 is 2.23 bits per heavy atom. The molecule has 1 unspecified atom stereocenters. The number of ether oxygens (including phenoxy) is 1. The van der Waals surface area contributed by atoms with E-state index in [9.17, 15) is 4.79 Å².